The second-order valence-corrected chi connectivity index (χ2v) is 7.96. The Labute approximate surface area is 143 Å². The fourth-order valence-electron chi connectivity index (χ4n) is 1.97. The fraction of sp³-hybridized carbons (Fsp3) is 0.267. The van der Waals surface area contributed by atoms with Gasteiger partial charge in [0.2, 0.25) is 5.91 Å². The van der Waals surface area contributed by atoms with Crippen LogP contribution in [0, 0.1) is 6.92 Å². The topological polar surface area (TPSA) is 102 Å². The van der Waals surface area contributed by atoms with E-state index in [0.717, 1.165) is 11.3 Å². The molecule has 9 heteroatoms. The lowest BCUT2D eigenvalue weighted by Crippen LogP contribution is -2.22. The highest BCUT2D eigenvalue weighted by atomic mass is 32.2. The number of amides is 1. The first kappa shape index (κ1) is 18.1. The Bertz CT molecular complexity index is 870. The number of Topliss-reactive ketones (excluding diaryl/α,β-unsaturated/α-hetero) is 1. The molecule has 1 amide bonds. The Morgan fingerprint density at radius 2 is 1.88 bits per heavy atom. The lowest BCUT2D eigenvalue weighted by molar-refractivity contribution is -0.113. The highest BCUT2D eigenvalue weighted by Crippen LogP contribution is 2.23. The van der Waals surface area contributed by atoms with Gasteiger partial charge in [-0.15, -0.1) is 0 Å². The molecule has 2 aromatic rings. The summed E-state index contributed by atoms with van der Waals surface area (Å²) >= 11 is 1.02. The van der Waals surface area contributed by atoms with Crippen LogP contribution in [0.4, 0.5) is 5.13 Å². The molecule has 1 heterocycles. The molecule has 0 unspecified atom stereocenters. The zero-order chi connectivity index (χ0) is 17.9. The third-order valence-electron chi connectivity index (χ3n) is 3.10. The van der Waals surface area contributed by atoms with Crippen LogP contribution in [0.3, 0.4) is 0 Å². The second kappa shape index (κ2) is 7.10. The molecule has 0 aliphatic rings. The van der Waals surface area contributed by atoms with E-state index in [2.05, 4.69) is 10.3 Å². The van der Waals surface area contributed by atoms with E-state index < -0.39 is 21.5 Å². The maximum atomic E-state index is 12.2. The number of hydrogen-bond acceptors (Lipinski definition) is 7. The number of ether oxygens (including phenoxy) is 1. The summed E-state index contributed by atoms with van der Waals surface area (Å²) in [6.07, 6.45) is 0. The van der Waals surface area contributed by atoms with Crippen LogP contribution < -0.4 is 10.1 Å². The van der Waals surface area contributed by atoms with Crippen LogP contribution in [0.1, 0.15) is 22.3 Å². The largest absolute Gasteiger partial charge is 0.497 e. The number of aromatic nitrogens is 1. The molecule has 1 N–H and O–H groups in total. The van der Waals surface area contributed by atoms with Gasteiger partial charge < -0.3 is 10.1 Å². The number of methoxy groups -OCH3 is 1. The maximum Gasteiger partial charge on any atom is 0.241 e. The van der Waals surface area contributed by atoms with E-state index in [9.17, 15) is 18.0 Å². The number of aryl methyl sites for hydroxylation is 1. The molecular weight excluding hydrogens is 352 g/mol. The number of carbonyl (C=O) groups is 2. The van der Waals surface area contributed by atoms with Crippen LogP contribution in [0.25, 0.3) is 0 Å². The number of thiazole rings is 1. The summed E-state index contributed by atoms with van der Waals surface area (Å²) in [5.74, 6) is -1.06. The first-order chi connectivity index (χ1) is 11.2. The molecule has 0 atom stereocenters. The molecule has 0 saturated carbocycles. The Morgan fingerprint density at radius 1 is 1.25 bits per heavy atom. The number of carbonyl (C=O) groups excluding carboxylic acids is 2. The first-order valence-electron chi connectivity index (χ1n) is 6.88. The van der Waals surface area contributed by atoms with Crippen molar-refractivity contribution in [1.29, 1.82) is 0 Å². The second-order valence-electron chi connectivity index (χ2n) is 4.97. The van der Waals surface area contributed by atoms with Crippen molar-refractivity contribution < 1.29 is 22.7 Å². The average Bonchev–Trinajstić information content (AvgIpc) is 2.87. The summed E-state index contributed by atoms with van der Waals surface area (Å²) < 4.78 is 29.4. The summed E-state index contributed by atoms with van der Waals surface area (Å²) in [5, 5.41) is 2.62. The van der Waals surface area contributed by atoms with Gasteiger partial charge in [0.25, 0.3) is 0 Å². The molecule has 0 radical (unpaired) electrons. The molecule has 24 heavy (non-hydrogen) atoms. The van der Waals surface area contributed by atoms with Gasteiger partial charge in [0.15, 0.2) is 20.8 Å². The Kier molecular flexibility index (Phi) is 5.35. The van der Waals surface area contributed by atoms with Crippen molar-refractivity contribution in [3.8, 4) is 5.75 Å². The van der Waals surface area contributed by atoms with E-state index in [1.54, 1.807) is 6.92 Å². The molecular formula is C15H16N2O5S2. The van der Waals surface area contributed by atoms with Crippen molar-refractivity contribution in [3.63, 3.8) is 0 Å². The zero-order valence-electron chi connectivity index (χ0n) is 13.3. The van der Waals surface area contributed by atoms with E-state index in [4.69, 9.17) is 4.74 Å². The minimum absolute atomic E-state index is 0.0261. The quantitative estimate of drug-likeness (QED) is 0.783. The predicted octanol–water partition coefficient (Wildman–Crippen LogP) is 2.08. The first-order valence-corrected chi connectivity index (χ1v) is 9.35. The number of benzene rings is 1. The van der Waals surface area contributed by atoms with Crippen molar-refractivity contribution in [2.75, 3.05) is 18.2 Å². The summed E-state index contributed by atoms with van der Waals surface area (Å²) in [6, 6.07) is 5.77. The molecule has 7 nitrogen and oxygen atoms in total. The van der Waals surface area contributed by atoms with Crippen molar-refractivity contribution in [2.24, 2.45) is 0 Å². The molecule has 1 aromatic carbocycles. The van der Waals surface area contributed by atoms with Gasteiger partial charge in [-0.05, 0) is 31.2 Å². The molecule has 2 rings (SSSR count). The van der Waals surface area contributed by atoms with Crippen LogP contribution in [0.15, 0.2) is 29.2 Å². The predicted molar refractivity (Wildman–Crippen MR) is 90.5 cm³/mol. The lowest BCUT2D eigenvalue weighted by atomic mass is 10.3. The number of anilines is 1. The minimum atomic E-state index is -3.78. The van der Waals surface area contributed by atoms with E-state index in [1.165, 1.54) is 38.3 Å². The van der Waals surface area contributed by atoms with E-state index >= 15 is 0 Å². The van der Waals surface area contributed by atoms with Gasteiger partial charge in [-0.3, -0.25) is 9.59 Å². The molecule has 0 spiro atoms. The molecule has 1 aromatic heterocycles. The Morgan fingerprint density at radius 3 is 2.38 bits per heavy atom. The third kappa shape index (κ3) is 4.18. The van der Waals surface area contributed by atoms with Gasteiger partial charge in [0, 0.05) is 6.92 Å². The molecule has 0 saturated heterocycles. The summed E-state index contributed by atoms with van der Waals surface area (Å²) in [5.41, 5.74) is 0.501. The van der Waals surface area contributed by atoms with E-state index in [1.807, 2.05) is 0 Å². The van der Waals surface area contributed by atoms with Crippen molar-refractivity contribution >= 4 is 38.0 Å². The average molecular weight is 368 g/mol. The Balaban J connectivity index is 2.10. The highest BCUT2D eigenvalue weighted by Gasteiger charge is 2.21. The van der Waals surface area contributed by atoms with Gasteiger partial charge in [-0.25, -0.2) is 13.4 Å². The highest BCUT2D eigenvalue weighted by molar-refractivity contribution is 7.92. The number of nitrogens with one attached hydrogen (secondary N) is 1. The third-order valence-corrected chi connectivity index (χ3v) is 5.91. The van der Waals surface area contributed by atoms with Crippen LogP contribution in [-0.4, -0.2) is 38.0 Å². The number of nitrogens with zero attached hydrogens (tertiary/aromatic N) is 1. The molecule has 0 aliphatic carbocycles. The normalized spacial score (nSPS) is 11.1. The standard InChI is InChI=1S/C15H16N2O5S2/c1-9-14(10(2)18)23-15(16-9)17-13(19)8-24(20,21)12-6-4-11(22-3)5-7-12/h4-7H,8H2,1-3H3,(H,16,17,19). The van der Waals surface area contributed by atoms with Crippen LogP contribution >= 0.6 is 11.3 Å². The fourth-order valence-corrected chi connectivity index (χ4v) is 3.98. The molecule has 0 fully saturated rings. The number of ketones is 1. The van der Waals surface area contributed by atoms with Gasteiger partial charge in [0.1, 0.15) is 11.5 Å². The smallest absolute Gasteiger partial charge is 0.241 e. The monoisotopic (exact) mass is 368 g/mol. The number of sulfone groups is 1. The van der Waals surface area contributed by atoms with Crippen molar-refractivity contribution in [3.05, 3.63) is 34.8 Å². The van der Waals surface area contributed by atoms with E-state index in [0.29, 0.717) is 16.3 Å². The summed E-state index contributed by atoms with van der Waals surface area (Å²) in [6.45, 7) is 3.05. The lowest BCUT2D eigenvalue weighted by Gasteiger charge is -2.05. The van der Waals surface area contributed by atoms with Crippen LogP contribution in [0.2, 0.25) is 0 Å². The summed E-state index contributed by atoms with van der Waals surface area (Å²) in [4.78, 5) is 27.9. The maximum absolute atomic E-state index is 12.2. The summed E-state index contributed by atoms with van der Waals surface area (Å²) in [7, 11) is -2.31. The number of hydrogen-bond donors (Lipinski definition) is 1. The van der Waals surface area contributed by atoms with Gasteiger partial charge in [-0.2, -0.15) is 0 Å². The Hall–Kier alpha value is -2.26. The SMILES string of the molecule is COc1ccc(S(=O)(=O)CC(=O)Nc2nc(C)c(C(C)=O)s2)cc1. The number of rotatable bonds is 6. The van der Waals surface area contributed by atoms with Gasteiger partial charge >= 0.3 is 0 Å². The minimum Gasteiger partial charge on any atom is -0.497 e. The van der Waals surface area contributed by atoms with Crippen LogP contribution in [0.5, 0.6) is 5.75 Å². The van der Waals surface area contributed by atoms with E-state index in [-0.39, 0.29) is 15.8 Å². The van der Waals surface area contributed by atoms with Gasteiger partial charge in [-0.1, -0.05) is 11.3 Å². The van der Waals surface area contributed by atoms with Crippen molar-refractivity contribution in [1.82, 2.24) is 4.98 Å². The molecule has 128 valence electrons. The molecule has 0 aliphatic heterocycles. The van der Waals surface area contributed by atoms with Crippen LogP contribution in [-0.2, 0) is 14.6 Å². The zero-order valence-corrected chi connectivity index (χ0v) is 15.0. The van der Waals surface area contributed by atoms with Gasteiger partial charge in [0.05, 0.1) is 22.6 Å². The molecule has 0 bridgehead atoms. The van der Waals surface area contributed by atoms with Crippen molar-refractivity contribution in [2.45, 2.75) is 18.7 Å².